The van der Waals surface area contributed by atoms with E-state index in [1.807, 2.05) is 0 Å². The number of carbonyl (C=O) groups excluding carboxylic acids is 6. The van der Waals surface area contributed by atoms with Crippen LogP contribution in [-0.2, 0) is 28.8 Å². The molecule has 0 rings (SSSR count). The van der Waals surface area contributed by atoms with Gasteiger partial charge < -0.3 is 15.3 Å². The fourth-order valence-corrected chi connectivity index (χ4v) is 2.82. The van der Waals surface area contributed by atoms with E-state index in [1.54, 1.807) is 0 Å². The van der Waals surface area contributed by atoms with Crippen LogP contribution in [-0.4, -0.2) is 69.8 Å². The summed E-state index contributed by atoms with van der Waals surface area (Å²) in [5, 5.41) is 29.4. The minimum atomic E-state index is -2.87. The zero-order valence-corrected chi connectivity index (χ0v) is 15.7. The Morgan fingerprint density at radius 2 is 0.926 bits per heavy atom. The van der Waals surface area contributed by atoms with E-state index in [-0.39, 0.29) is 19.3 Å². The molecule has 0 aromatic heterocycles. The third-order valence-corrected chi connectivity index (χ3v) is 4.80. The summed E-state index contributed by atoms with van der Waals surface area (Å²) in [6, 6.07) is 0. The first-order valence-corrected chi connectivity index (χ1v) is 8.62. The van der Waals surface area contributed by atoms with Crippen LogP contribution in [0.3, 0.4) is 0 Å². The number of aliphatic hydroxyl groups excluding tert-OH is 3. The van der Waals surface area contributed by atoms with Gasteiger partial charge in [0.25, 0.3) is 0 Å². The highest BCUT2D eigenvalue weighted by Gasteiger charge is 2.64. The zero-order chi connectivity index (χ0) is 21.4. The molecule has 0 aromatic rings. The Morgan fingerprint density at radius 1 is 0.593 bits per heavy atom. The molecule has 3 N–H and O–H groups in total. The lowest BCUT2D eigenvalue weighted by molar-refractivity contribution is -0.172. The maximum Gasteiger partial charge on any atom is 0.213 e. The van der Waals surface area contributed by atoms with Crippen molar-refractivity contribution in [3.8, 4) is 0 Å². The summed E-state index contributed by atoms with van der Waals surface area (Å²) in [6.07, 6.45) is -2.23. The van der Waals surface area contributed by atoms with Crippen molar-refractivity contribution >= 4 is 34.7 Å². The second kappa shape index (κ2) is 10.3. The maximum absolute atomic E-state index is 12.9. The molecule has 0 atom stereocenters. The highest BCUT2D eigenvalue weighted by atomic mass is 16.3. The molecule has 0 aliphatic heterocycles. The molecule has 9 heteroatoms. The Morgan fingerprint density at radius 3 is 1.19 bits per heavy atom. The average Bonchev–Trinajstić information content (AvgIpc) is 2.70. The van der Waals surface area contributed by atoms with E-state index in [0.717, 1.165) is 0 Å². The second-order valence-corrected chi connectivity index (χ2v) is 6.25. The van der Waals surface area contributed by atoms with Crippen molar-refractivity contribution in [1.82, 2.24) is 0 Å². The van der Waals surface area contributed by atoms with Gasteiger partial charge in [-0.25, -0.2) is 0 Å². The second-order valence-electron chi connectivity index (χ2n) is 6.25. The van der Waals surface area contributed by atoms with E-state index in [9.17, 15) is 44.1 Å². The number of Topliss-reactive ketones (excluding diaryl/α,β-unsaturated/α-hetero) is 6. The van der Waals surface area contributed by atoms with Crippen molar-refractivity contribution < 1.29 is 44.1 Å². The number of aliphatic hydroxyl groups is 3. The van der Waals surface area contributed by atoms with E-state index in [4.69, 9.17) is 0 Å². The first-order valence-electron chi connectivity index (χ1n) is 8.62. The molecule has 0 bridgehead atoms. The first-order chi connectivity index (χ1) is 12.6. The van der Waals surface area contributed by atoms with E-state index in [0.29, 0.717) is 0 Å². The molecule has 0 saturated heterocycles. The van der Waals surface area contributed by atoms with Gasteiger partial charge in [0.15, 0.2) is 23.1 Å². The third kappa shape index (κ3) is 4.42. The molecule has 0 amide bonds. The molecule has 0 fully saturated rings. The molecule has 0 radical (unpaired) electrons. The summed E-state index contributed by atoms with van der Waals surface area (Å²) in [5.41, 5.74) is -5.26. The van der Waals surface area contributed by atoms with E-state index < -0.39 is 71.8 Å². The maximum atomic E-state index is 12.9. The van der Waals surface area contributed by atoms with E-state index >= 15 is 0 Å². The van der Waals surface area contributed by atoms with Gasteiger partial charge in [-0.3, -0.25) is 28.8 Å². The summed E-state index contributed by atoms with van der Waals surface area (Å²) in [4.78, 5) is 74.2. The summed E-state index contributed by atoms with van der Waals surface area (Å²) in [7, 11) is 0. The van der Waals surface area contributed by atoms with Crippen molar-refractivity contribution in [3.05, 3.63) is 0 Å². The lowest BCUT2D eigenvalue weighted by Crippen LogP contribution is -2.63. The van der Waals surface area contributed by atoms with Gasteiger partial charge in [0.2, 0.25) is 11.6 Å². The van der Waals surface area contributed by atoms with E-state index in [2.05, 4.69) is 0 Å². The predicted molar refractivity (Wildman–Crippen MR) is 91.7 cm³/mol. The lowest BCUT2D eigenvalue weighted by atomic mass is 9.55. The Hall–Kier alpha value is -2.10. The number of ketones is 6. The molecule has 0 aliphatic rings. The topological polar surface area (TPSA) is 163 Å². The van der Waals surface area contributed by atoms with Crippen LogP contribution in [0.2, 0.25) is 0 Å². The van der Waals surface area contributed by atoms with Crippen LogP contribution < -0.4 is 0 Å². The van der Waals surface area contributed by atoms with Crippen LogP contribution in [0.15, 0.2) is 0 Å². The number of carbonyl (C=O) groups is 6. The van der Waals surface area contributed by atoms with Gasteiger partial charge in [-0.2, -0.15) is 0 Å². The van der Waals surface area contributed by atoms with Gasteiger partial charge in [0, 0.05) is 25.7 Å². The molecule has 9 nitrogen and oxygen atoms in total. The van der Waals surface area contributed by atoms with Gasteiger partial charge in [0.05, 0.1) is 25.2 Å². The highest BCUT2D eigenvalue weighted by molar-refractivity contribution is 6.54. The monoisotopic (exact) mass is 386 g/mol. The van der Waals surface area contributed by atoms with Gasteiger partial charge in [-0.05, 0) is 0 Å². The smallest absolute Gasteiger partial charge is 0.213 e. The average molecular weight is 386 g/mol. The molecular formula is C18H26O9. The fraction of sp³-hybridized carbons (Fsp3) is 0.667. The van der Waals surface area contributed by atoms with Gasteiger partial charge in [-0.15, -0.1) is 0 Å². The molecule has 0 aromatic carbocycles. The largest absolute Gasteiger partial charge is 0.396 e. The first kappa shape index (κ1) is 24.9. The quantitative estimate of drug-likeness (QED) is 0.250. The Bertz CT molecular complexity index is 592. The van der Waals surface area contributed by atoms with Crippen molar-refractivity contribution in [3.63, 3.8) is 0 Å². The number of hydrogen-bond acceptors (Lipinski definition) is 9. The van der Waals surface area contributed by atoms with Crippen LogP contribution >= 0.6 is 0 Å². The minimum Gasteiger partial charge on any atom is -0.396 e. The summed E-state index contributed by atoms with van der Waals surface area (Å²) in [6.45, 7) is 0.414. The van der Waals surface area contributed by atoms with Crippen LogP contribution in [0.4, 0.5) is 0 Å². The van der Waals surface area contributed by atoms with Crippen molar-refractivity contribution in [2.75, 3.05) is 19.8 Å². The Labute approximate surface area is 156 Å². The van der Waals surface area contributed by atoms with Gasteiger partial charge >= 0.3 is 0 Å². The van der Waals surface area contributed by atoms with Crippen molar-refractivity contribution in [1.29, 1.82) is 0 Å². The molecule has 27 heavy (non-hydrogen) atoms. The van der Waals surface area contributed by atoms with Gasteiger partial charge in [-0.1, -0.05) is 20.8 Å². The lowest BCUT2D eigenvalue weighted by Gasteiger charge is -2.44. The molecule has 0 heterocycles. The molecule has 0 saturated carbocycles. The van der Waals surface area contributed by atoms with Crippen LogP contribution in [0, 0.1) is 10.8 Å². The molecular weight excluding hydrogens is 360 g/mol. The van der Waals surface area contributed by atoms with Crippen LogP contribution in [0.1, 0.15) is 46.5 Å². The molecule has 152 valence electrons. The molecule has 0 unspecified atom stereocenters. The van der Waals surface area contributed by atoms with Crippen molar-refractivity contribution in [2.45, 2.75) is 46.5 Å². The predicted octanol–water partition coefficient (Wildman–Crippen LogP) is -1.03. The Balaban J connectivity index is 7.00. The molecule has 0 spiro atoms. The van der Waals surface area contributed by atoms with Crippen LogP contribution in [0.25, 0.3) is 0 Å². The van der Waals surface area contributed by atoms with Crippen molar-refractivity contribution in [2.24, 2.45) is 10.8 Å². The van der Waals surface area contributed by atoms with Crippen LogP contribution in [0.5, 0.6) is 0 Å². The minimum absolute atomic E-state index is 0.259. The summed E-state index contributed by atoms with van der Waals surface area (Å²) < 4.78 is 0. The Kier molecular flexibility index (Phi) is 9.49. The standard InChI is InChI=1S/C18H26O9/c1-4-11(22)14(25)7-18(15(26)12(23)5-2,16(27)13(24)6-3)17(8-19,9-20)10-21/h19-21H,4-10H2,1-3H3. The number of rotatable bonds is 14. The summed E-state index contributed by atoms with van der Waals surface area (Å²) >= 11 is 0. The fourth-order valence-electron chi connectivity index (χ4n) is 2.82. The van der Waals surface area contributed by atoms with E-state index in [1.165, 1.54) is 20.8 Å². The normalized spacial score (nSPS) is 11.8. The zero-order valence-electron chi connectivity index (χ0n) is 15.7. The van der Waals surface area contributed by atoms with Gasteiger partial charge in [0.1, 0.15) is 5.41 Å². The highest BCUT2D eigenvalue weighted by Crippen LogP contribution is 2.45. The molecule has 0 aliphatic carbocycles. The summed E-state index contributed by atoms with van der Waals surface area (Å²) in [5.74, 6) is -7.44. The SMILES string of the molecule is CCC(=O)C(=O)CC(C(=O)C(=O)CC)(C(=O)C(=O)CC)C(CO)(CO)CO. The third-order valence-electron chi connectivity index (χ3n) is 4.80. The number of hydrogen-bond donors (Lipinski definition) is 3.